The molecule has 0 aromatic carbocycles. The van der Waals surface area contributed by atoms with Gasteiger partial charge in [0.1, 0.15) is 11.3 Å². The van der Waals surface area contributed by atoms with Gasteiger partial charge in [-0.25, -0.2) is 9.97 Å². The highest BCUT2D eigenvalue weighted by molar-refractivity contribution is 5.71. The van der Waals surface area contributed by atoms with Crippen LogP contribution in [0.3, 0.4) is 0 Å². The number of rotatable bonds is 3. The molecule has 1 fully saturated rings. The third kappa shape index (κ3) is 2.80. The van der Waals surface area contributed by atoms with E-state index >= 15 is 0 Å². The molecule has 0 bridgehead atoms. The smallest absolute Gasteiger partial charge is 0.243 e. The molecule has 0 radical (unpaired) electrons. The lowest BCUT2D eigenvalue weighted by Gasteiger charge is -2.37. The highest BCUT2D eigenvalue weighted by atomic mass is 16.5. The molecule has 1 saturated heterocycles. The van der Waals surface area contributed by atoms with Crippen LogP contribution in [0.4, 0.5) is 5.82 Å². The molecule has 8 heteroatoms. The summed E-state index contributed by atoms with van der Waals surface area (Å²) in [4.78, 5) is 22.1. The van der Waals surface area contributed by atoms with Gasteiger partial charge < -0.3 is 9.42 Å². The molecule has 8 nitrogen and oxygen atoms in total. The van der Waals surface area contributed by atoms with Crippen LogP contribution in [0.1, 0.15) is 24.7 Å². The summed E-state index contributed by atoms with van der Waals surface area (Å²) >= 11 is 0. The van der Waals surface area contributed by atoms with Crippen molar-refractivity contribution in [2.75, 3.05) is 31.1 Å². The van der Waals surface area contributed by atoms with E-state index in [4.69, 9.17) is 4.52 Å². The van der Waals surface area contributed by atoms with Crippen LogP contribution >= 0.6 is 0 Å². The van der Waals surface area contributed by atoms with E-state index in [-0.39, 0.29) is 6.04 Å². The SMILES string of the molecule is Cc1noc(C(C)N2CCN(c3ccc4nccnc4n3)CC2)n1. The minimum Gasteiger partial charge on any atom is -0.354 e. The molecule has 0 aliphatic carbocycles. The minimum absolute atomic E-state index is 0.128. The molecule has 0 N–H and O–H groups in total. The molecule has 3 aromatic rings. The molecular weight excluding hydrogens is 306 g/mol. The normalized spacial score (nSPS) is 17.3. The minimum atomic E-state index is 0.128. The molecular formula is C16H19N7O. The summed E-state index contributed by atoms with van der Waals surface area (Å²) in [6, 6.07) is 4.11. The van der Waals surface area contributed by atoms with Crippen molar-refractivity contribution in [3.05, 3.63) is 36.2 Å². The quantitative estimate of drug-likeness (QED) is 0.718. The molecule has 1 unspecified atom stereocenters. The second-order valence-corrected chi connectivity index (χ2v) is 5.95. The van der Waals surface area contributed by atoms with Gasteiger partial charge in [0.05, 0.1) is 6.04 Å². The zero-order valence-electron chi connectivity index (χ0n) is 13.8. The maximum atomic E-state index is 5.30. The first-order valence-corrected chi connectivity index (χ1v) is 8.08. The zero-order chi connectivity index (χ0) is 16.5. The van der Waals surface area contributed by atoms with Crippen LogP contribution in [-0.4, -0.2) is 56.2 Å². The average Bonchev–Trinajstić information content (AvgIpc) is 3.07. The average molecular weight is 325 g/mol. The summed E-state index contributed by atoms with van der Waals surface area (Å²) in [5, 5.41) is 3.88. The van der Waals surface area contributed by atoms with Crippen LogP contribution in [-0.2, 0) is 0 Å². The lowest BCUT2D eigenvalue weighted by atomic mass is 10.2. The molecule has 1 atom stereocenters. The molecule has 0 amide bonds. The van der Waals surface area contributed by atoms with Gasteiger partial charge in [-0.3, -0.25) is 9.88 Å². The lowest BCUT2D eigenvalue weighted by Crippen LogP contribution is -2.47. The van der Waals surface area contributed by atoms with Gasteiger partial charge in [0, 0.05) is 38.6 Å². The Morgan fingerprint density at radius 3 is 2.58 bits per heavy atom. The second kappa shape index (κ2) is 6.12. The van der Waals surface area contributed by atoms with Crippen molar-refractivity contribution in [1.29, 1.82) is 0 Å². The molecule has 3 aromatic heterocycles. The van der Waals surface area contributed by atoms with Gasteiger partial charge in [0.2, 0.25) is 5.89 Å². The molecule has 124 valence electrons. The molecule has 24 heavy (non-hydrogen) atoms. The first-order chi connectivity index (χ1) is 11.7. The first-order valence-electron chi connectivity index (χ1n) is 8.08. The molecule has 1 aliphatic heterocycles. The van der Waals surface area contributed by atoms with Gasteiger partial charge in [-0.1, -0.05) is 5.16 Å². The van der Waals surface area contributed by atoms with E-state index in [1.807, 2.05) is 19.1 Å². The van der Waals surface area contributed by atoms with Gasteiger partial charge in [0.25, 0.3) is 0 Å². The summed E-state index contributed by atoms with van der Waals surface area (Å²) in [5.74, 6) is 2.31. The zero-order valence-corrected chi connectivity index (χ0v) is 13.8. The van der Waals surface area contributed by atoms with Gasteiger partial charge in [-0.15, -0.1) is 0 Å². The largest absolute Gasteiger partial charge is 0.354 e. The Kier molecular flexibility index (Phi) is 3.81. The van der Waals surface area contributed by atoms with E-state index < -0.39 is 0 Å². The maximum Gasteiger partial charge on any atom is 0.243 e. The Labute approximate surface area is 139 Å². The predicted octanol–water partition coefficient (Wildman–Crippen LogP) is 1.60. The van der Waals surface area contributed by atoms with E-state index in [1.54, 1.807) is 12.4 Å². The highest BCUT2D eigenvalue weighted by Crippen LogP contribution is 2.22. The topological polar surface area (TPSA) is 84.1 Å². The number of fused-ring (bicyclic) bond motifs is 1. The van der Waals surface area contributed by atoms with Crippen molar-refractivity contribution in [3.8, 4) is 0 Å². The van der Waals surface area contributed by atoms with Crippen molar-refractivity contribution in [2.24, 2.45) is 0 Å². The second-order valence-electron chi connectivity index (χ2n) is 5.95. The summed E-state index contributed by atoms with van der Waals surface area (Å²) in [6.07, 6.45) is 3.36. The number of hydrogen-bond donors (Lipinski definition) is 0. The van der Waals surface area contributed by atoms with Crippen molar-refractivity contribution in [1.82, 2.24) is 30.0 Å². The number of pyridine rings is 1. The van der Waals surface area contributed by atoms with Crippen LogP contribution in [0.5, 0.6) is 0 Å². The van der Waals surface area contributed by atoms with Crippen LogP contribution in [0.15, 0.2) is 29.0 Å². The Morgan fingerprint density at radius 2 is 1.83 bits per heavy atom. The van der Waals surface area contributed by atoms with E-state index in [0.717, 1.165) is 37.5 Å². The first kappa shape index (κ1) is 14.9. The summed E-state index contributed by atoms with van der Waals surface area (Å²) in [7, 11) is 0. The summed E-state index contributed by atoms with van der Waals surface area (Å²) in [5.41, 5.74) is 1.51. The Hall–Kier alpha value is -2.61. The van der Waals surface area contributed by atoms with Crippen LogP contribution in [0.2, 0.25) is 0 Å². The Morgan fingerprint density at radius 1 is 1.04 bits per heavy atom. The number of nitrogens with zero attached hydrogens (tertiary/aromatic N) is 7. The van der Waals surface area contributed by atoms with Crippen LogP contribution in [0, 0.1) is 6.92 Å². The number of anilines is 1. The number of piperazine rings is 1. The number of aromatic nitrogens is 5. The van der Waals surface area contributed by atoms with Gasteiger partial charge >= 0.3 is 0 Å². The summed E-state index contributed by atoms with van der Waals surface area (Å²) < 4.78 is 5.30. The van der Waals surface area contributed by atoms with Crippen LogP contribution in [0.25, 0.3) is 11.2 Å². The summed E-state index contributed by atoms with van der Waals surface area (Å²) in [6.45, 7) is 7.58. The monoisotopic (exact) mass is 325 g/mol. The fraction of sp³-hybridized carbons (Fsp3) is 0.438. The Balaban J connectivity index is 1.45. The van der Waals surface area contributed by atoms with E-state index in [0.29, 0.717) is 17.4 Å². The van der Waals surface area contributed by atoms with Crippen molar-refractivity contribution in [3.63, 3.8) is 0 Å². The van der Waals surface area contributed by atoms with Gasteiger partial charge in [-0.2, -0.15) is 4.98 Å². The third-order valence-corrected chi connectivity index (χ3v) is 4.40. The van der Waals surface area contributed by atoms with E-state index in [1.165, 1.54) is 0 Å². The fourth-order valence-corrected chi connectivity index (χ4v) is 3.00. The molecule has 4 rings (SSSR count). The fourth-order valence-electron chi connectivity index (χ4n) is 3.00. The predicted molar refractivity (Wildman–Crippen MR) is 88.6 cm³/mol. The number of hydrogen-bond acceptors (Lipinski definition) is 8. The molecule has 0 saturated carbocycles. The molecule has 4 heterocycles. The van der Waals surface area contributed by atoms with E-state index in [9.17, 15) is 0 Å². The van der Waals surface area contributed by atoms with Gasteiger partial charge in [-0.05, 0) is 26.0 Å². The highest BCUT2D eigenvalue weighted by Gasteiger charge is 2.26. The third-order valence-electron chi connectivity index (χ3n) is 4.40. The van der Waals surface area contributed by atoms with Crippen LogP contribution < -0.4 is 4.90 Å². The van der Waals surface area contributed by atoms with Crippen molar-refractivity contribution < 1.29 is 4.52 Å². The van der Waals surface area contributed by atoms with Crippen molar-refractivity contribution in [2.45, 2.75) is 19.9 Å². The number of aryl methyl sites for hydroxylation is 1. The lowest BCUT2D eigenvalue weighted by molar-refractivity contribution is 0.164. The maximum absolute atomic E-state index is 5.30. The van der Waals surface area contributed by atoms with E-state index in [2.05, 4.69) is 41.8 Å². The van der Waals surface area contributed by atoms with Crippen molar-refractivity contribution >= 4 is 17.0 Å². The molecule has 1 aliphatic rings. The standard InChI is InChI=1S/C16H19N7O/c1-11(16-19-12(2)21-24-16)22-7-9-23(10-8-22)14-4-3-13-15(20-14)18-6-5-17-13/h3-6,11H,7-10H2,1-2H3. The Bertz CT molecular complexity index is 841. The van der Waals surface area contributed by atoms with Gasteiger partial charge in [0.15, 0.2) is 11.5 Å². The molecule has 0 spiro atoms.